The van der Waals surface area contributed by atoms with Gasteiger partial charge in [-0.05, 0) is 5.56 Å². The number of primary amides is 1. The summed E-state index contributed by atoms with van der Waals surface area (Å²) in [7, 11) is 0. The van der Waals surface area contributed by atoms with Crippen molar-refractivity contribution >= 4 is 5.91 Å². The Morgan fingerprint density at radius 1 is 1.38 bits per heavy atom. The summed E-state index contributed by atoms with van der Waals surface area (Å²) in [5.74, 6) is -1.04. The zero-order valence-corrected chi connectivity index (χ0v) is 7.47. The molecule has 0 aromatic heterocycles. The zero-order valence-electron chi connectivity index (χ0n) is 7.47. The Hall–Kier alpha value is -1.35. The Balaban J connectivity index is 2.79. The molecule has 0 saturated heterocycles. The molecule has 0 radical (unpaired) electrons. The van der Waals surface area contributed by atoms with Crippen LogP contribution >= 0.6 is 0 Å². The van der Waals surface area contributed by atoms with Crippen LogP contribution < -0.4 is 5.73 Å². The molecule has 0 unspecified atom stereocenters. The molecule has 3 nitrogen and oxygen atoms in total. The van der Waals surface area contributed by atoms with Crippen molar-refractivity contribution in [3.05, 3.63) is 35.9 Å². The van der Waals surface area contributed by atoms with Gasteiger partial charge in [-0.15, -0.1) is 0 Å². The first-order chi connectivity index (χ1) is 6.13. The Bertz CT molecular complexity index is 284. The van der Waals surface area contributed by atoms with Crippen molar-refractivity contribution < 1.29 is 9.90 Å². The fourth-order valence-corrected chi connectivity index (χ4v) is 1.09. The first-order valence-electron chi connectivity index (χ1n) is 4.15. The molecule has 0 bridgehead atoms. The molecule has 13 heavy (non-hydrogen) atoms. The van der Waals surface area contributed by atoms with Crippen LogP contribution in [0.4, 0.5) is 0 Å². The number of rotatable bonds is 3. The highest BCUT2D eigenvalue weighted by Crippen LogP contribution is 2.20. The second-order valence-corrected chi connectivity index (χ2v) is 3.05. The Kier molecular flexibility index (Phi) is 3.03. The van der Waals surface area contributed by atoms with Gasteiger partial charge in [-0.25, -0.2) is 0 Å². The van der Waals surface area contributed by atoms with Gasteiger partial charge >= 0.3 is 0 Å². The monoisotopic (exact) mass is 179 g/mol. The van der Waals surface area contributed by atoms with Gasteiger partial charge < -0.3 is 10.8 Å². The van der Waals surface area contributed by atoms with Crippen molar-refractivity contribution in [1.82, 2.24) is 0 Å². The highest BCUT2D eigenvalue weighted by molar-refractivity contribution is 5.77. The quantitative estimate of drug-likeness (QED) is 0.722. The van der Waals surface area contributed by atoms with Gasteiger partial charge in [0, 0.05) is 0 Å². The minimum atomic E-state index is -0.807. The SMILES string of the molecule is C[C@H](C(N)=O)[C@H](O)c1ccccc1. The highest BCUT2D eigenvalue weighted by atomic mass is 16.3. The minimum absolute atomic E-state index is 0.489. The van der Waals surface area contributed by atoms with E-state index >= 15 is 0 Å². The van der Waals surface area contributed by atoms with Crippen molar-refractivity contribution in [3.63, 3.8) is 0 Å². The largest absolute Gasteiger partial charge is 0.388 e. The van der Waals surface area contributed by atoms with Crippen LogP contribution in [0.1, 0.15) is 18.6 Å². The van der Waals surface area contributed by atoms with E-state index in [0.29, 0.717) is 5.56 Å². The molecule has 0 saturated carbocycles. The van der Waals surface area contributed by atoms with Crippen LogP contribution in [0.15, 0.2) is 30.3 Å². The van der Waals surface area contributed by atoms with Crippen LogP contribution in [0.3, 0.4) is 0 Å². The van der Waals surface area contributed by atoms with E-state index in [2.05, 4.69) is 0 Å². The lowest BCUT2D eigenvalue weighted by molar-refractivity contribution is -0.124. The van der Waals surface area contributed by atoms with E-state index in [1.54, 1.807) is 19.1 Å². The first kappa shape index (κ1) is 9.74. The van der Waals surface area contributed by atoms with Crippen LogP contribution in [0.5, 0.6) is 0 Å². The van der Waals surface area contributed by atoms with Crippen molar-refractivity contribution in [2.75, 3.05) is 0 Å². The fourth-order valence-electron chi connectivity index (χ4n) is 1.09. The molecular formula is C10H13NO2. The lowest BCUT2D eigenvalue weighted by Crippen LogP contribution is -2.26. The second-order valence-electron chi connectivity index (χ2n) is 3.05. The van der Waals surface area contributed by atoms with Crippen LogP contribution in [0.2, 0.25) is 0 Å². The van der Waals surface area contributed by atoms with Crippen LogP contribution in [-0.4, -0.2) is 11.0 Å². The molecule has 0 spiro atoms. The second kappa shape index (κ2) is 4.05. The summed E-state index contributed by atoms with van der Waals surface area (Å²) < 4.78 is 0. The first-order valence-corrected chi connectivity index (χ1v) is 4.15. The molecule has 0 aliphatic carbocycles. The normalized spacial score (nSPS) is 14.9. The van der Waals surface area contributed by atoms with Gasteiger partial charge in [0.2, 0.25) is 5.91 Å². The summed E-state index contributed by atoms with van der Waals surface area (Å²) >= 11 is 0. The summed E-state index contributed by atoms with van der Waals surface area (Å²) in [6, 6.07) is 9.01. The molecule has 1 amide bonds. The number of amides is 1. The van der Waals surface area contributed by atoms with E-state index in [1.807, 2.05) is 18.2 Å². The molecule has 1 rings (SSSR count). The van der Waals surface area contributed by atoms with Crippen molar-refractivity contribution in [3.8, 4) is 0 Å². The average Bonchev–Trinajstić information content (AvgIpc) is 2.17. The minimum Gasteiger partial charge on any atom is -0.388 e. The number of carbonyl (C=O) groups is 1. The van der Waals surface area contributed by atoms with Gasteiger partial charge in [0.25, 0.3) is 0 Å². The lowest BCUT2D eigenvalue weighted by Gasteiger charge is -2.15. The molecule has 0 aliphatic rings. The summed E-state index contributed by atoms with van der Waals surface area (Å²) in [5.41, 5.74) is 5.79. The van der Waals surface area contributed by atoms with Gasteiger partial charge in [-0.3, -0.25) is 4.79 Å². The van der Waals surface area contributed by atoms with E-state index in [-0.39, 0.29) is 0 Å². The molecule has 0 heterocycles. The van der Waals surface area contributed by atoms with Crippen LogP contribution in [0, 0.1) is 5.92 Å². The number of aliphatic hydroxyl groups excluding tert-OH is 1. The van der Waals surface area contributed by atoms with Crippen LogP contribution in [0.25, 0.3) is 0 Å². The topological polar surface area (TPSA) is 63.3 Å². The predicted octanol–water partition coefficient (Wildman–Crippen LogP) is 0.841. The predicted molar refractivity (Wildman–Crippen MR) is 49.8 cm³/mol. The van der Waals surface area contributed by atoms with Gasteiger partial charge in [-0.2, -0.15) is 0 Å². The van der Waals surface area contributed by atoms with E-state index in [4.69, 9.17) is 5.73 Å². The third-order valence-electron chi connectivity index (χ3n) is 2.06. The zero-order chi connectivity index (χ0) is 9.84. The van der Waals surface area contributed by atoms with Crippen LogP contribution in [-0.2, 0) is 4.79 Å². The highest BCUT2D eigenvalue weighted by Gasteiger charge is 2.20. The maximum Gasteiger partial charge on any atom is 0.223 e. The number of nitrogens with two attached hydrogens (primary N) is 1. The van der Waals surface area contributed by atoms with Gasteiger partial charge in [0.1, 0.15) is 0 Å². The summed E-state index contributed by atoms with van der Waals surface area (Å²) in [4.78, 5) is 10.8. The van der Waals surface area contributed by atoms with Gasteiger partial charge in [0.05, 0.1) is 12.0 Å². The Labute approximate surface area is 77.2 Å². The molecule has 0 fully saturated rings. The summed E-state index contributed by atoms with van der Waals surface area (Å²) in [6.07, 6.45) is -0.807. The molecule has 3 N–H and O–H groups in total. The third-order valence-corrected chi connectivity index (χ3v) is 2.06. The molecule has 1 aromatic carbocycles. The number of hydrogen-bond donors (Lipinski definition) is 2. The molecule has 3 heteroatoms. The molecular weight excluding hydrogens is 166 g/mol. The van der Waals surface area contributed by atoms with E-state index < -0.39 is 17.9 Å². The standard InChI is InChI=1S/C10H13NO2/c1-7(10(11)13)9(12)8-5-3-2-4-6-8/h2-7,9,12H,1H3,(H2,11,13)/t7-,9-/m0/s1. The average molecular weight is 179 g/mol. The van der Waals surface area contributed by atoms with Crippen molar-refractivity contribution in [1.29, 1.82) is 0 Å². The summed E-state index contributed by atoms with van der Waals surface area (Å²) in [5, 5.41) is 9.66. The number of benzene rings is 1. The van der Waals surface area contributed by atoms with E-state index in [1.165, 1.54) is 0 Å². The Morgan fingerprint density at radius 3 is 2.38 bits per heavy atom. The fraction of sp³-hybridized carbons (Fsp3) is 0.300. The third kappa shape index (κ3) is 2.29. The maximum absolute atomic E-state index is 10.8. The number of aliphatic hydroxyl groups is 1. The smallest absolute Gasteiger partial charge is 0.223 e. The molecule has 1 aromatic rings. The van der Waals surface area contributed by atoms with Gasteiger partial charge in [0.15, 0.2) is 0 Å². The molecule has 70 valence electrons. The van der Waals surface area contributed by atoms with Crippen molar-refractivity contribution in [2.24, 2.45) is 11.7 Å². The molecule has 2 atom stereocenters. The maximum atomic E-state index is 10.8. The number of hydrogen-bond acceptors (Lipinski definition) is 2. The number of carbonyl (C=O) groups excluding carboxylic acids is 1. The van der Waals surface area contributed by atoms with Gasteiger partial charge in [-0.1, -0.05) is 37.3 Å². The Morgan fingerprint density at radius 2 is 1.92 bits per heavy atom. The summed E-state index contributed by atoms with van der Waals surface area (Å²) in [6.45, 7) is 1.61. The van der Waals surface area contributed by atoms with E-state index in [9.17, 15) is 9.90 Å². The van der Waals surface area contributed by atoms with Crippen molar-refractivity contribution in [2.45, 2.75) is 13.0 Å². The lowest BCUT2D eigenvalue weighted by atomic mass is 9.97. The molecule has 0 aliphatic heterocycles. The van der Waals surface area contributed by atoms with E-state index in [0.717, 1.165) is 0 Å².